The van der Waals surface area contributed by atoms with Crippen LogP contribution in [0.5, 0.6) is 5.75 Å². The zero-order valence-electron chi connectivity index (χ0n) is 15.2. The molecule has 0 spiro atoms. The Bertz CT molecular complexity index is 647. The number of hydrogen-bond acceptors (Lipinski definition) is 7. The second-order valence-corrected chi connectivity index (χ2v) is 6.61. The molecule has 136 valence electrons. The average molecular weight is 350 g/mol. The van der Waals surface area contributed by atoms with Crippen molar-refractivity contribution in [3.63, 3.8) is 0 Å². The lowest BCUT2D eigenvalue weighted by Gasteiger charge is -2.34. The molecular formula is C17H23BO7. The second kappa shape index (κ2) is 7.88. The molecule has 0 radical (unpaired) electrons. The van der Waals surface area contributed by atoms with Crippen molar-refractivity contribution < 1.29 is 33.1 Å². The Morgan fingerprint density at radius 3 is 2.36 bits per heavy atom. The fourth-order valence-electron chi connectivity index (χ4n) is 2.55. The summed E-state index contributed by atoms with van der Waals surface area (Å²) in [5.41, 5.74) is 1.31. The van der Waals surface area contributed by atoms with E-state index in [4.69, 9.17) is 23.5 Å². The molecule has 1 aromatic rings. The molecule has 0 amide bonds. The smallest absolute Gasteiger partial charge is 0.496 e. The van der Waals surface area contributed by atoms with Gasteiger partial charge in [0.05, 0.1) is 14.2 Å². The maximum atomic E-state index is 12.0. The van der Waals surface area contributed by atoms with Gasteiger partial charge in [-0.25, -0.2) is 4.79 Å². The van der Waals surface area contributed by atoms with Crippen LogP contribution in [0.1, 0.15) is 36.7 Å². The summed E-state index contributed by atoms with van der Waals surface area (Å²) < 4.78 is 27.0. The molecule has 1 aromatic carbocycles. The van der Waals surface area contributed by atoms with E-state index < -0.39 is 19.1 Å². The molecular weight excluding hydrogens is 327 g/mol. The molecule has 0 atom stereocenters. The summed E-state index contributed by atoms with van der Waals surface area (Å²) in [5, 5.41) is 0. The fourth-order valence-corrected chi connectivity index (χ4v) is 2.55. The molecule has 1 saturated heterocycles. The Labute approximate surface area is 147 Å². The lowest BCUT2D eigenvalue weighted by Crippen LogP contribution is -2.49. The summed E-state index contributed by atoms with van der Waals surface area (Å²) in [6.07, 6.45) is 0. The van der Waals surface area contributed by atoms with Gasteiger partial charge in [-0.2, -0.15) is 0 Å². The third kappa shape index (κ3) is 4.52. The molecule has 1 fully saturated rings. The zero-order valence-corrected chi connectivity index (χ0v) is 15.2. The van der Waals surface area contributed by atoms with Crippen molar-refractivity contribution in [1.29, 1.82) is 0 Å². The third-order valence-electron chi connectivity index (χ3n) is 3.81. The van der Waals surface area contributed by atoms with Gasteiger partial charge in [0, 0.05) is 31.0 Å². The van der Waals surface area contributed by atoms with E-state index in [1.165, 1.54) is 21.1 Å². The number of benzene rings is 1. The van der Waals surface area contributed by atoms with E-state index in [0.29, 0.717) is 30.0 Å². The zero-order chi connectivity index (χ0) is 18.6. The molecule has 1 aliphatic heterocycles. The summed E-state index contributed by atoms with van der Waals surface area (Å²) in [4.78, 5) is 23.2. The first kappa shape index (κ1) is 19.3. The number of methoxy groups -OCH3 is 2. The van der Waals surface area contributed by atoms with Gasteiger partial charge in [0.25, 0.3) is 0 Å². The van der Waals surface area contributed by atoms with E-state index in [2.05, 4.69) is 0 Å². The first-order valence-corrected chi connectivity index (χ1v) is 7.93. The molecule has 25 heavy (non-hydrogen) atoms. The molecule has 8 heteroatoms. The van der Waals surface area contributed by atoms with Crippen molar-refractivity contribution in [2.45, 2.75) is 27.4 Å². The Morgan fingerprint density at radius 2 is 1.84 bits per heavy atom. The highest BCUT2D eigenvalue weighted by atomic mass is 16.6. The molecule has 0 bridgehead atoms. The van der Waals surface area contributed by atoms with E-state index >= 15 is 0 Å². The van der Waals surface area contributed by atoms with Crippen LogP contribution in [0.15, 0.2) is 12.1 Å². The first-order chi connectivity index (χ1) is 11.8. The number of rotatable bonds is 5. The molecule has 1 aliphatic rings. The Hall–Kier alpha value is -2.06. The predicted molar refractivity (Wildman–Crippen MR) is 90.9 cm³/mol. The van der Waals surface area contributed by atoms with Crippen molar-refractivity contribution >= 4 is 24.5 Å². The molecule has 0 aromatic heterocycles. The highest BCUT2D eigenvalue weighted by Crippen LogP contribution is 2.26. The lowest BCUT2D eigenvalue weighted by molar-refractivity contribution is -0.142. The first-order valence-electron chi connectivity index (χ1n) is 7.93. The number of hydrogen-bond donors (Lipinski definition) is 0. The summed E-state index contributed by atoms with van der Waals surface area (Å²) in [6.45, 7) is 6.38. The van der Waals surface area contributed by atoms with Crippen LogP contribution in [0.2, 0.25) is 0 Å². The van der Waals surface area contributed by atoms with Crippen molar-refractivity contribution in [2.24, 2.45) is 5.41 Å². The highest BCUT2D eigenvalue weighted by molar-refractivity contribution is 6.63. The number of carbonyl (C=O) groups is 2. The topological polar surface area (TPSA) is 80.3 Å². The standard InChI is InChI=1S/C17H23BO7/c1-11(19)23-8-12-6-7-13(16(20)22-5)15(21-4)14(12)18-24-9-17(2,3)10-25-18/h6-7H,8-10H2,1-5H3. The van der Waals surface area contributed by atoms with Crippen LogP contribution in [-0.2, 0) is 30.2 Å². The minimum absolute atomic E-state index is 0.0229. The summed E-state index contributed by atoms with van der Waals surface area (Å²) in [5.74, 6) is -0.650. The maximum absolute atomic E-state index is 12.0. The Morgan fingerprint density at radius 1 is 1.20 bits per heavy atom. The monoisotopic (exact) mass is 350 g/mol. The van der Waals surface area contributed by atoms with Crippen LogP contribution in [0.3, 0.4) is 0 Å². The van der Waals surface area contributed by atoms with Gasteiger partial charge in [-0.15, -0.1) is 0 Å². The molecule has 0 saturated carbocycles. The van der Waals surface area contributed by atoms with E-state index in [1.807, 2.05) is 13.8 Å². The van der Waals surface area contributed by atoms with Crippen molar-refractivity contribution in [1.82, 2.24) is 0 Å². The van der Waals surface area contributed by atoms with Gasteiger partial charge >= 0.3 is 19.1 Å². The van der Waals surface area contributed by atoms with Crippen molar-refractivity contribution in [2.75, 3.05) is 27.4 Å². The fraction of sp³-hybridized carbons (Fsp3) is 0.529. The van der Waals surface area contributed by atoms with Gasteiger partial charge in [-0.3, -0.25) is 4.79 Å². The summed E-state index contributed by atoms with van der Waals surface area (Å²) in [6, 6.07) is 3.25. The van der Waals surface area contributed by atoms with Gasteiger partial charge in [0.1, 0.15) is 17.9 Å². The molecule has 7 nitrogen and oxygen atoms in total. The van der Waals surface area contributed by atoms with E-state index in [1.54, 1.807) is 12.1 Å². The SMILES string of the molecule is COC(=O)c1ccc(COC(C)=O)c(B2OCC(C)(C)CO2)c1OC. The van der Waals surface area contributed by atoms with E-state index in [9.17, 15) is 9.59 Å². The van der Waals surface area contributed by atoms with Gasteiger partial charge in [-0.1, -0.05) is 19.9 Å². The molecule has 0 aliphatic carbocycles. The average Bonchev–Trinajstić information content (AvgIpc) is 2.58. The van der Waals surface area contributed by atoms with Crippen LogP contribution in [0, 0.1) is 5.41 Å². The Balaban J connectivity index is 2.46. The molecule has 2 rings (SSSR count). The van der Waals surface area contributed by atoms with Crippen LogP contribution in [0.25, 0.3) is 0 Å². The quantitative estimate of drug-likeness (QED) is 0.585. The van der Waals surface area contributed by atoms with Gasteiger partial charge in [0.2, 0.25) is 0 Å². The Kier molecular flexibility index (Phi) is 6.08. The normalized spacial score (nSPS) is 16.3. The van der Waals surface area contributed by atoms with E-state index in [-0.39, 0.29) is 17.6 Å². The van der Waals surface area contributed by atoms with Crippen LogP contribution in [-0.4, -0.2) is 46.5 Å². The minimum atomic E-state index is -0.724. The number of esters is 2. The molecule has 0 N–H and O–H groups in total. The van der Waals surface area contributed by atoms with E-state index in [0.717, 1.165) is 0 Å². The van der Waals surface area contributed by atoms with Crippen LogP contribution < -0.4 is 10.2 Å². The molecule has 1 heterocycles. The highest BCUT2D eigenvalue weighted by Gasteiger charge is 2.38. The lowest BCUT2D eigenvalue weighted by atomic mass is 9.72. The van der Waals surface area contributed by atoms with Crippen molar-refractivity contribution in [3.8, 4) is 5.75 Å². The van der Waals surface area contributed by atoms with Gasteiger partial charge in [0.15, 0.2) is 0 Å². The van der Waals surface area contributed by atoms with Gasteiger partial charge in [-0.05, 0) is 11.6 Å². The summed E-state index contributed by atoms with van der Waals surface area (Å²) >= 11 is 0. The largest absolute Gasteiger partial charge is 0.498 e. The molecule has 0 unspecified atom stereocenters. The number of carbonyl (C=O) groups excluding carboxylic acids is 2. The number of ether oxygens (including phenoxy) is 3. The van der Waals surface area contributed by atoms with Gasteiger partial charge < -0.3 is 23.5 Å². The minimum Gasteiger partial charge on any atom is -0.496 e. The third-order valence-corrected chi connectivity index (χ3v) is 3.81. The van der Waals surface area contributed by atoms with Crippen LogP contribution in [0.4, 0.5) is 0 Å². The predicted octanol–water partition coefficient (Wildman–Crippen LogP) is 1.31. The second-order valence-electron chi connectivity index (χ2n) is 6.61. The van der Waals surface area contributed by atoms with Crippen LogP contribution >= 0.6 is 0 Å². The summed E-state index contributed by atoms with van der Waals surface area (Å²) in [7, 11) is 2.02. The maximum Gasteiger partial charge on any atom is 0.498 e. The van der Waals surface area contributed by atoms with Crippen molar-refractivity contribution in [3.05, 3.63) is 23.3 Å².